The summed E-state index contributed by atoms with van der Waals surface area (Å²) in [5.74, 6) is -1.98. The number of fused-ring (bicyclic) bond motifs is 1. The first-order chi connectivity index (χ1) is 11.1. The van der Waals surface area contributed by atoms with Crippen molar-refractivity contribution >= 4 is 5.97 Å². The van der Waals surface area contributed by atoms with Gasteiger partial charge in [-0.25, -0.2) is 8.78 Å². The molecule has 1 aliphatic rings. The molecular formula is C19H18F2O2. The van der Waals surface area contributed by atoms with Crippen LogP contribution in [0.15, 0.2) is 36.4 Å². The van der Waals surface area contributed by atoms with Gasteiger partial charge in [-0.05, 0) is 60.2 Å². The van der Waals surface area contributed by atoms with Crippen molar-refractivity contribution in [3.8, 4) is 5.75 Å². The van der Waals surface area contributed by atoms with E-state index in [0.717, 1.165) is 12.8 Å². The Hall–Kier alpha value is -2.23. The molecule has 0 aromatic heterocycles. The SMILES string of the molecule is CCCc1ccc(OC(=O)C2Cc3cc(F)c(F)cc3C2)cc1. The number of hydrogen-bond acceptors (Lipinski definition) is 2. The Morgan fingerprint density at radius 2 is 1.65 bits per heavy atom. The summed E-state index contributed by atoms with van der Waals surface area (Å²) < 4.78 is 31.9. The monoisotopic (exact) mass is 316 g/mol. The number of hydrogen-bond donors (Lipinski definition) is 0. The van der Waals surface area contributed by atoms with E-state index in [0.29, 0.717) is 29.7 Å². The number of esters is 1. The number of halogens is 2. The van der Waals surface area contributed by atoms with Gasteiger partial charge < -0.3 is 4.74 Å². The predicted molar refractivity (Wildman–Crippen MR) is 83.3 cm³/mol. The van der Waals surface area contributed by atoms with E-state index < -0.39 is 11.6 Å². The van der Waals surface area contributed by atoms with Gasteiger partial charge in [0.1, 0.15) is 5.75 Å². The summed E-state index contributed by atoms with van der Waals surface area (Å²) in [4.78, 5) is 12.3. The number of benzene rings is 2. The van der Waals surface area contributed by atoms with Crippen LogP contribution in [0.4, 0.5) is 8.78 Å². The molecular weight excluding hydrogens is 298 g/mol. The quantitative estimate of drug-likeness (QED) is 0.623. The summed E-state index contributed by atoms with van der Waals surface area (Å²) in [5.41, 5.74) is 2.57. The van der Waals surface area contributed by atoms with Gasteiger partial charge in [-0.2, -0.15) is 0 Å². The van der Waals surface area contributed by atoms with Gasteiger partial charge in [0.05, 0.1) is 5.92 Å². The highest BCUT2D eigenvalue weighted by atomic mass is 19.2. The number of ether oxygens (including phenoxy) is 1. The first-order valence-corrected chi connectivity index (χ1v) is 7.84. The number of rotatable bonds is 4. The second kappa shape index (κ2) is 6.49. The molecule has 2 aromatic carbocycles. The topological polar surface area (TPSA) is 26.3 Å². The minimum atomic E-state index is -0.871. The summed E-state index contributed by atoms with van der Waals surface area (Å²) in [5, 5.41) is 0. The Kier molecular flexibility index (Phi) is 4.42. The van der Waals surface area contributed by atoms with Crippen LogP contribution in [0.3, 0.4) is 0 Å². The van der Waals surface area contributed by atoms with Gasteiger partial charge >= 0.3 is 5.97 Å². The van der Waals surface area contributed by atoms with Gasteiger partial charge in [0, 0.05) is 0 Å². The van der Waals surface area contributed by atoms with Crippen LogP contribution in [0.25, 0.3) is 0 Å². The van der Waals surface area contributed by atoms with E-state index in [9.17, 15) is 13.6 Å². The lowest BCUT2D eigenvalue weighted by Crippen LogP contribution is -2.20. The lowest BCUT2D eigenvalue weighted by atomic mass is 10.1. The smallest absolute Gasteiger partial charge is 0.315 e. The molecule has 0 atom stereocenters. The molecule has 0 saturated heterocycles. The van der Waals surface area contributed by atoms with Crippen molar-refractivity contribution < 1.29 is 18.3 Å². The maximum Gasteiger partial charge on any atom is 0.315 e. The minimum absolute atomic E-state index is 0.356. The highest BCUT2D eigenvalue weighted by Gasteiger charge is 2.30. The number of carbonyl (C=O) groups excluding carboxylic acids is 1. The molecule has 0 amide bonds. The van der Waals surface area contributed by atoms with Crippen molar-refractivity contribution in [1.29, 1.82) is 0 Å². The number of carbonyl (C=O) groups is 1. The zero-order chi connectivity index (χ0) is 16.4. The van der Waals surface area contributed by atoms with Crippen LogP contribution in [0.5, 0.6) is 5.75 Å². The van der Waals surface area contributed by atoms with E-state index in [-0.39, 0.29) is 11.9 Å². The number of aryl methyl sites for hydroxylation is 1. The lowest BCUT2D eigenvalue weighted by molar-refractivity contribution is -0.138. The Labute approximate surface area is 134 Å². The van der Waals surface area contributed by atoms with Crippen LogP contribution in [0.1, 0.15) is 30.0 Å². The summed E-state index contributed by atoms with van der Waals surface area (Å²) in [7, 11) is 0. The second-order valence-corrected chi connectivity index (χ2v) is 5.96. The molecule has 0 fully saturated rings. The zero-order valence-corrected chi connectivity index (χ0v) is 12.9. The molecule has 2 aromatic rings. The van der Waals surface area contributed by atoms with Gasteiger partial charge in [0.25, 0.3) is 0 Å². The Morgan fingerprint density at radius 3 is 2.17 bits per heavy atom. The second-order valence-electron chi connectivity index (χ2n) is 5.96. The normalized spacial score (nSPS) is 13.9. The van der Waals surface area contributed by atoms with Gasteiger partial charge in [-0.3, -0.25) is 4.79 Å². The summed E-state index contributed by atoms with van der Waals surface area (Å²) >= 11 is 0. The largest absolute Gasteiger partial charge is 0.426 e. The molecule has 4 heteroatoms. The van der Waals surface area contributed by atoms with Gasteiger partial charge in [0.15, 0.2) is 11.6 Å². The van der Waals surface area contributed by atoms with Gasteiger partial charge in [-0.1, -0.05) is 25.5 Å². The standard InChI is InChI=1S/C19H18F2O2/c1-2-3-12-4-6-16(7-5-12)23-19(22)15-8-13-10-17(20)18(21)11-14(13)9-15/h4-7,10-11,15H,2-3,8-9H2,1H3. The molecule has 0 aliphatic heterocycles. The Balaban J connectivity index is 1.66. The first kappa shape index (κ1) is 15.7. The highest BCUT2D eigenvalue weighted by Crippen LogP contribution is 2.30. The maximum absolute atomic E-state index is 13.3. The average Bonchev–Trinajstić information content (AvgIpc) is 2.93. The van der Waals surface area contributed by atoms with Crippen LogP contribution in [0.2, 0.25) is 0 Å². The van der Waals surface area contributed by atoms with Crippen LogP contribution in [-0.4, -0.2) is 5.97 Å². The molecule has 2 nitrogen and oxygen atoms in total. The van der Waals surface area contributed by atoms with Crippen molar-refractivity contribution in [3.63, 3.8) is 0 Å². The molecule has 120 valence electrons. The van der Waals surface area contributed by atoms with Crippen molar-refractivity contribution in [2.45, 2.75) is 32.6 Å². The van der Waals surface area contributed by atoms with E-state index >= 15 is 0 Å². The summed E-state index contributed by atoms with van der Waals surface area (Å²) in [6.45, 7) is 2.11. The van der Waals surface area contributed by atoms with Crippen LogP contribution in [0, 0.1) is 17.6 Å². The Morgan fingerprint density at radius 1 is 1.09 bits per heavy atom. The molecule has 0 radical (unpaired) electrons. The highest BCUT2D eigenvalue weighted by molar-refractivity contribution is 5.77. The van der Waals surface area contributed by atoms with E-state index in [4.69, 9.17) is 4.74 Å². The van der Waals surface area contributed by atoms with E-state index in [2.05, 4.69) is 6.92 Å². The van der Waals surface area contributed by atoms with Crippen molar-refractivity contribution in [2.24, 2.45) is 5.92 Å². The molecule has 0 unspecified atom stereocenters. The average molecular weight is 316 g/mol. The molecule has 0 saturated carbocycles. The Bertz CT molecular complexity index is 692. The van der Waals surface area contributed by atoms with Crippen molar-refractivity contribution in [2.75, 3.05) is 0 Å². The third-order valence-corrected chi connectivity index (χ3v) is 4.19. The zero-order valence-electron chi connectivity index (χ0n) is 12.9. The third-order valence-electron chi connectivity index (χ3n) is 4.19. The lowest BCUT2D eigenvalue weighted by Gasteiger charge is -2.09. The predicted octanol–water partition coefficient (Wildman–Crippen LogP) is 4.24. The summed E-state index contributed by atoms with van der Waals surface area (Å²) in [6.07, 6.45) is 2.83. The molecule has 1 aliphatic carbocycles. The van der Waals surface area contributed by atoms with Crippen LogP contribution in [-0.2, 0) is 24.1 Å². The summed E-state index contributed by atoms with van der Waals surface area (Å²) in [6, 6.07) is 9.81. The molecule has 0 spiro atoms. The van der Waals surface area contributed by atoms with Crippen molar-refractivity contribution in [3.05, 3.63) is 64.7 Å². The van der Waals surface area contributed by atoms with E-state index in [1.54, 1.807) is 12.1 Å². The molecule has 0 N–H and O–H groups in total. The molecule has 23 heavy (non-hydrogen) atoms. The third kappa shape index (κ3) is 3.41. The van der Waals surface area contributed by atoms with Crippen LogP contribution >= 0.6 is 0 Å². The van der Waals surface area contributed by atoms with Crippen LogP contribution < -0.4 is 4.74 Å². The fraction of sp³-hybridized carbons (Fsp3) is 0.316. The molecule has 0 bridgehead atoms. The molecule has 0 heterocycles. The van der Waals surface area contributed by atoms with E-state index in [1.165, 1.54) is 17.7 Å². The minimum Gasteiger partial charge on any atom is -0.426 e. The first-order valence-electron chi connectivity index (χ1n) is 7.84. The van der Waals surface area contributed by atoms with E-state index in [1.807, 2.05) is 12.1 Å². The van der Waals surface area contributed by atoms with Crippen molar-refractivity contribution in [1.82, 2.24) is 0 Å². The maximum atomic E-state index is 13.3. The molecule has 3 rings (SSSR count). The van der Waals surface area contributed by atoms with Gasteiger partial charge in [-0.15, -0.1) is 0 Å². The fourth-order valence-electron chi connectivity index (χ4n) is 2.99. The fourth-order valence-corrected chi connectivity index (χ4v) is 2.99. The van der Waals surface area contributed by atoms with Gasteiger partial charge in [0.2, 0.25) is 0 Å².